The molecule has 1 atom stereocenters. The maximum Gasteiger partial charge on any atom is 0.258 e. The minimum Gasteiger partial charge on any atom is -0.496 e. The van der Waals surface area contributed by atoms with Crippen LogP contribution >= 0.6 is 0 Å². The number of carbonyl (C=O) groups excluding carboxylic acids is 1. The van der Waals surface area contributed by atoms with Gasteiger partial charge in [0.15, 0.2) is 0 Å². The van der Waals surface area contributed by atoms with Crippen LogP contribution in [-0.2, 0) is 0 Å². The summed E-state index contributed by atoms with van der Waals surface area (Å²) >= 11 is 0. The predicted octanol–water partition coefficient (Wildman–Crippen LogP) is 0.945. The number of ether oxygens (including phenoxy) is 1. The van der Waals surface area contributed by atoms with Crippen LogP contribution in [0.15, 0.2) is 18.2 Å². The second-order valence-electron chi connectivity index (χ2n) is 3.38. The third-order valence-electron chi connectivity index (χ3n) is 1.98. The number of hydrogen-bond donors (Lipinski definition) is 2. The molecule has 0 spiro atoms. The Morgan fingerprint density at radius 3 is 2.88 bits per heavy atom. The molecule has 0 heterocycles. The maximum absolute atomic E-state index is 13.4. The van der Waals surface area contributed by atoms with E-state index in [9.17, 15) is 9.18 Å². The van der Waals surface area contributed by atoms with Crippen molar-refractivity contribution in [1.82, 2.24) is 5.32 Å². The third kappa shape index (κ3) is 2.93. The Morgan fingerprint density at radius 2 is 2.31 bits per heavy atom. The maximum atomic E-state index is 13.4. The molecule has 1 aromatic carbocycles. The molecule has 0 saturated heterocycles. The van der Waals surface area contributed by atoms with Gasteiger partial charge in [-0.05, 0) is 19.1 Å². The smallest absolute Gasteiger partial charge is 0.258 e. The minimum atomic E-state index is -0.679. The van der Waals surface area contributed by atoms with E-state index in [2.05, 4.69) is 5.32 Å². The van der Waals surface area contributed by atoms with E-state index in [1.54, 1.807) is 0 Å². The number of hydrogen-bond acceptors (Lipinski definition) is 3. The van der Waals surface area contributed by atoms with Gasteiger partial charge in [0.25, 0.3) is 5.91 Å². The average Bonchev–Trinajstić information content (AvgIpc) is 2.25. The van der Waals surface area contributed by atoms with Crippen LogP contribution in [0.2, 0.25) is 0 Å². The van der Waals surface area contributed by atoms with Crippen LogP contribution in [0, 0.1) is 5.82 Å². The van der Waals surface area contributed by atoms with Gasteiger partial charge in [0.2, 0.25) is 0 Å². The first-order valence-corrected chi connectivity index (χ1v) is 4.85. The summed E-state index contributed by atoms with van der Waals surface area (Å²) in [5.41, 5.74) is -0.148. The predicted molar refractivity (Wildman–Crippen MR) is 57.0 cm³/mol. The van der Waals surface area contributed by atoms with Crippen molar-refractivity contribution in [1.29, 1.82) is 0 Å². The Balaban J connectivity index is 2.89. The normalized spacial score (nSPS) is 12.0. The van der Waals surface area contributed by atoms with Gasteiger partial charge in [-0.25, -0.2) is 4.39 Å². The number of aliphatic hydroxyl groups excluding tert-OH is 1. The number of amides is 1. The molecule has 4 nitrogen and oxygen atoms in total. The van der Waals surface area contributed by atoms with E-state index < -0.39 is 17.8 Å². The Bertz CT molecular complexity index is 379. The zero-order chi connectivity index (χ0) is 12.1. The Morgan fingerprint density at radius 1 is 1.62 bits per heavy atom. The number of halogens is 1. The molecule has 1 amide bonds. The van der Waals surface area contributed by atoms with Crippen LogP contribution in [-0.4, -0.2) is 30.8 Å². The molecule has 88 valence electrons. The van der Waals surface area contributed by atoms with Crippen molar-refractivity contribution in [3.8, 4) is 5.75 Å². The summed E-state index contributed by atoms with van der Waals surface area (Å²) in [5, 5.41) is 11.4. The quantitative estimate of drug-likeness (QED) is 0.805. The standard InChI is InChI=1S/C11H14FNO3/c1-7(14)6-13-11(15)10-8(12)4-3-5-9(10)16-2/h3-5,7,14H,6H2,1-2H3,(H,13,15)/t7-/m1/s1. The highest BCUT2D eigenvalue weighted by atomic mass is 19.1. The van der Waals surface area contributed by atoms with Crippen LogP contribution in [0.4, 0.5) is 4.39 Å². The summed E-state index contributed by atoms with van der Waals surface area (Å²) in [5.74, 6) is -1.08. The van der Waals surface area contributed by atoms with Gasteiger partial charge < -0.3 is 15.2 Å². The van der Waals surface area contributed by atoms with E-state index in [0.717, 1.165) is 0 Å². The molecule has 0 saturated carbocycles. The van der Waals surface area contributed by atoms with E-state index in [0.29, 0.717) is 0 Å². The Hall–Kier alpha value is -1.62. The molecular weight excluding hydrogens is 213 g/mol. The van der Waals surface area contributed by atoms with E-state index in [-0.39, 0.29) is 17.9 Å². The molecule has 16 heavy (non-hydrogen) atoms. The summed E-state index contributed by atoms with van der Waals surface area (Å²) in [7, 11) is 1.36. The SMILES string of the molecule is COc1cccc(F)c1C(=O)NC[C@@H](C)O. The monoisotopic (exact) mass is 227 g/mol. The van der Waals surface area contributed by atoms with E-state index >= 15 is 0 Å². The second kappa shape index (κ2) is 5.46. The Labute approximate surface area is 93.0 Å². The zero-order valence-corrected chi connectivity index (χ0v) is 9.16. The molecule has 0 aliphatic carbocycles. The van der Waals surface area contributed by atoms with E-state index in [1.807, 2.05) is 0 Å². The fourth-order valence-corrected chi connectivity index (χ4v) is 1.22. The number of benzene rings is 1. The zero-order valence-electron chi connectivity index (χ0n) is 9.16. The van der Waals surface area contributed by atoms with Crippen molar-refractivity contribution in [2.45, 2.75) is 13.0 Å². The number of methoxy groups -OCH3 is 1. The first-order chi connectivity index (χ1) is 7.56. The van der Waals surface area contributed by atoms with Crippen LogP contribution in [0.1, 0.15) is 17.3 Å². The van der Waals surface area contributed by atoms with Crippen LogP contribution < -0.4 is 10.1 Å². The topological polar surface area (TPSA) is 58.6 Å². The summed E-state index contributed by atoms with van der Waals surface area (Å²) in [6.07, 6.45) is -0.679. The van der Waals surface area contributed by atoms with Crippen molar-refractivity contribution < 1.29 is 19.0 Å². The summed E-state index contributed by atoms with van der Waals surface area (Å²) < 4.78 is 18.3. The number of carbonyl (C=O) groups is 1. The van der Waals surface area contributed by atoms with Crippen molar-refractivity contribution in [3.05, 3.63) is 29.6 Å². The van der Waals surface area contributed by atoms with Gasteiger partial charge in [0, 0.05) is 6.54 Å². The van der Waals surface area contributed by atoms with Gasteiger partial charge in [-0.3, -0.25) is 4.79 Å². The van der Waals surface area contributed by atoms with Gasteiger partial charge in [0.05, 0.1) is 13.2 Å². The molecule has 0 aliphatic heterocycles. The lowest BCUT2D eigenvalue weighted by atomic mass is 10.1. The number of rotatable bonds is 4. The summed E-state index contributed by atoms with van der Waals surface area (Å²) in [4.78, 5) is 11.6. The molecular formula is C11H14FNO3. The number of nitrogens with one attached hydrogen (secondary N) is 1. The summed E-state index contributed by atoms with van der Waals surface area (Å²) in [6, 6.07) is 4.14. The number of aliphatic hydroxyl groups is 1. The molecule has 0 fully saturated rings. The highest BCUT2D eigenvalue weighted by Gasteiger charge is 2.17. The molecule has 1 aromatic rings. The van der Waals surface area contributed by atoms with Gasteiger partial charge in [-0.1, -0.05) is 6.07 Å². The molecule has 0 bridgehead atoms. The van der Waals surface area contributed by atoms with Crippen molar-refractivity contribution >= 4 is 5.91 Å². The van der Waals surface area contributed by atoms with Crippen molar-refractivity contribution in [3.63, 3.8) is 0 Å². The molecule has 1 rings (SSSR count). The summed E-state index contributed by atoms with van der Waals surface area (Å²) in [6.45, 7) is 1.59. The van der Waals surface area contributed by atoms with Gasteiger partial charge in [0.1, 0.15) is 17.1 Å². The lowest BCUT2D eigenvalue weighted by molar-refractivity contribution is 0.0916. The molecule has 0 aliphatic rings. The fourth-order valence-electron chi connectivity index (χ4n) is 1.22. The van der Waals surface area contributed by atoms with Crippen molar-refractivity contribution in [2.75, 3.05) is 13.7 Å². The van der Waals surface area contributed by atoms with E-state index in [4.69, 9.17) is 9.84 Å². The first-order valence-electron chi connectivity index (χ1n) is 4.85. The van der Waals surface area contributed by atoms with Crippen LogP contribution in [0.25, 0.3) is 0 Å². The molecule has 0 aromatic heterocycles. The lowest BCUT2D eigenvalue weighted by Gasteiger charge is -2.10. The molecule has 0 unspecified atom stereocenters. The first kappa shape index (κ1) is 12.4. The molecule has 0 radical (unpaired) electrons. The van der Waals surface area contributed by atoms with Crippen molar-refractivity contribution in [2.24, 2.45) is 0 Å². The highest BCUT2D eigenvalue weighted by Crippen LogP contribution is 2.20. The van der Waals surface area contributed by atoms with Gasteiger partial charge >= 0.3 is 0 Å². The third-order valence-corrected chi connectivity index (χ3v) is 1.98. The second-order valence-corrected chi connectivity index (χ2v) is 3.38. The minimum absolute atomic E-state index is 0.0658. The molecule has 5 heteroatoms. The van der Waals surface area contributed by atoms with Gasteiger partial charge in [-0.15, -0.1) is 0 Å². The van der Waals surface area contributed by atoms with Gasteiger partial charge in [-0.2, -0.15) is 0 Å². The van der Waals surface area contributed by atoms with E-state index in [1.165, 1.54) is 32.2 Å². The lowest BCUT2D eigenvalue weighted by Crippen LogP contribution is -2.31. The molecule has 2 N–H and O–H groups in total. The largest absolute Gasteiger partial charge is 0.496 e. The highest BCUT2D eigenvalue weighted by molar-refractivity contribution is 5.97. The fraction of sp³-hybridized carbons (Fsp3) is 0.364. The Kier molecular flexibility index (Phi) is 4.25. The average molecular weight is 227 g/mol. The van der Waals surface area contributed by atoms with Crippen LogP contribution in [0.5, 0.6) is 5.75 Å². The van der Waals surface area contributed by atoms with Crippen LogP contribution in [0.3, 0.4) is 0 Å².